The highest BCUT2D eigenvalue weighted by Gasteiger charge is 2.21. The van der Waals surface area contributed by atoms with Gasteiger partial charge in [0.1, 0.15) is 19.8 Å². The molecule has 11 heteroatoms. The number of rotatable bonds is 38. The third-order valence-electron chi connectivity index (χ3n) is 8.58. The van der Waals surface area contributed by atoms with E-state index in [4.69, 9.17) is 18.5 Å². The Balaban J connectivity index is 4.69. The summed E-state index contributed by atoms with van der Waals surface area (Å²) in [6, 6.07) is 0. The molecule has 3 atom stereocenters. The number of hydrogen-bond acceptors (Lipinski definition) is 9. The molecular formula is C50H80NO9P. The molecule has 1 unspecified atom stereocenters. The molecule has 0 heterocycles. The molecule has 0 spiro atoms. The first kappa shape index (κ1) is 57.4. The van der Waals surface area contributed by atoms with Gasteiger partial charge in [-0.2, -0.15) is 0 Å². The van der Waals surface area contributed by atoms with Gasteiger partial charge in [-0.3, -0.25) is 14.2 Å². The maximum absolute atomic E-state index is 12.7. The van der Waals surface area contributed by atoms with Crippen LogP contribution in [-0.4, -0.2) is 81.2 Å². The fourth-order valence-electron chi connectivity index (χ4n) is 5.08. The summed E-state index contributed by atoms with van der Waals surface area (Å²) in [4.78, 5) is 37.6. The van der Waals surface area contributed by atoms with Crippen LogP contribution in [0.15, 0.2) is 122 Å². The molecule has 0 bridgehead atoms. The van der Waals surface area contributed by atoms with E-state index in [1.165, 1.54) is 19.3 Å². The van der Waals surface area contributed by atoms with Gasteiger partial charge in [-0.05, 0) is 83.5 Å². The molecule has 61 heavy (non-hydrogen) atoms. The molecular weight excluding hydrogens is 790 g/mol. The lowest BCUT2D eigenvalue weighted by Crippen LogP contribution is -2.37. The Morgan fingerprint density at radius 1 is 0.623 bits per heavy atom. The SMILES string of the molecule is CC/C=C\C/C=C\C/C=C\C/C=C\C/C=C\C/C=C\CCC(=O)OC[C@H](COP(=O)([O-])OCC[N+](C)(C)C)OC(=O)CCC[C@@H](O)/C=C/C=C\C/C=C\C/C=C\CCCCC. The Labute approximate surface area is 370 Å². The molecule has 0 aromatic heterocycles. The third kappa shape index (κ3) is 44.2. The van der Waals surface area contributed by atoms with Crippen LogP contribution in [0.5, 0.6) is 0 Å². The highest BCUT2D eigenvalue weighted by molar-refractivity contribution is 7.45. The second kappa shape index (κ2) is 40.4. The molecule has 0 radical (unpaired) electrons. The average Bonchev–Trinajstić information content (AvgIpc) is 3.21. The van der Waals surface area contributed by atoms with Crippen LogP contribution in [-0.2, 0) is 32.7 Å². The van der Waals surface area contributed by atoms with Crippen LogP contribution in [0.25, 0.3) is 0 Å². The van der Waals surface area contributed by atoms with E-state index in [9.17, 15) is 24.2 Å². The number of phosphoric acid groups is 1. The number of aliphatic hydroxyl groups is 1. The smallest absolute Gasteiger partial charge is 0.306 e. The number of hydrogen-bond donors (Lipinski definition) is 1. The fraction of sp³-hybridized carbons (Fsp3) is 0.560. The van der Waals surface area contributed by atoms with E-state index in [1.54, 1.807) is 12.2 Å². The van der Waals surface area contributed by atoms with Gasteiger partial charge >= 0.3 is 11.9 Å². The minimum atomic E-state index is -4.71. The quantitative estimate of drug-likeness (QED) is 0.0161. The molecule has 0 aromatic rings. The minimum absolute atomic E-state index is 0.0270. The highest BCUT2D eigenvalue weighted by atomic mass is 31.2. The van der Waals surface area contributed by atoms with Crippen molar-refractivity contribution in [1.82, 2.24) is 0 Å². The average molecular weight is 870 g/mol. The molecule has 344 valence electrons. The largest absolute Gasteiger partial charge is 0.756 e. The molecule has 1 N–H and O–H groups in total. The molecule has 0 rings (SSSR count). The van der Waals surface area contributed by atoms with E-state index < -0.39 is 38.6 Å². The van der Waals surface area contributed by atoms with Crippen molar-refractivity contribution in [1.29, 1.82) is 0 Å². The Kier molecular flexibility index (Phi) is 38.0. The number of aliphatic hydroxyl groups excluding tert-OH is 1. The van der Waals surface area contributed by atoms with Gasteiger partial charge in [0.05, 0.1) is 33.9 Å². The van der Waals surface area contributed by atoms with Gasteiger partial charge in [-0.15, -0.1) is 0 Å². The molecule has 0 aliphatic rings. The number of likely N-dealkylation sites (N-methyl/N-ethyl adjacent to an activating group) is 1. The summed E-state index contributed by atoms with van der Waals surface area (Å²) in [5.41, 5.74) is 0. The van der Waals surface area contributed by atoms with E-state index in [0.717, 1.165) is 57.8 Å². The van der Waals surface area contributed by atoms with Crippen LogP contribution >= 0.6 is 7.82 Å². The highest BCUT2D eigenvalue weighted by Crippen LogP contribution is 2.38. The van der Waals surface area contributed by atoms with Gasteiger partial charge in [-0.1, -0.05) is 148 Å². The van der Waals surface area contributed by atoms with Crippen molar-refractivity contribution >= 4 is 19.8 Å². The van der Waals surface area contributed by atoms with Crippen LogP contribution in [0.3, 0.4) is 0 Å². The number of esters is 2. The molecule has 10 nitrogen and oxygen atoms in total. The number of phosphoric ester groups is 1. The zero-order valence-electron chi connectivity index (χ0n) is 38.2. The van der Waals surface area contributed by atoms with E-state index in [2.05, 4.69) is 98.9 Å². The number of carbonyl (C=O) groups is 2. The van der Waals surface area contributed by atoms with Gasteiger partial charge < -0.3 is 33.0 Å². The predicted octanol–water partition coefficient (Wildman–Crippen LogP) is 11.2. The van der Waals surface area contributed by atoms with Gasteiger partial charge in [0.15, 0.2) is 6.10 Å². The molecule has 0 saturated heterocycles. The monoisotopic (exact) mass is 870 g/mol. The molecule has 0 amide bonds. The lowest BCUT2D eigenvalue weighted by atomic mass is 10.1. The van der Waals surface area contributed by atoms with Crippen molar-refractivity contribution in [3.05, 3.63) is 122 Å². The zero-order valence-corrected chi connectivity index (χ0v) is 39.1. The predicted molar refractivity (Wildman–Crippen MR) is 250 cm³/mol. The van der Waals surface area contributed by atoms with Crippen LogP contribution in [0.1, 0.15) is 123 Å². The molecule has 0 fully saturated rings. The van der Waals surface area contributed by atoms with Gasteiger partial charge in [0.2, 0.25) is 0 Å². The van der Waals surface area contributed by atoms with Crippen molar-refractivity contribution in [3.8, 4) is 0 Å². The second-order valence-electron chi connectivity index (χ2n) is 15.5. The first-order chi connectivity index (χ1) is 29.4. The summed E-state index contributed by atoms with van der Waals surface area (Å²) in [7, 11) is 0.985. The van der Waals surface area contributed by atoms with Crippen LogP contribution in [0.4, 0.5) is 0 Å². The molecule has 0 saturated carbocycles. The van der Waals surface area contributed by atoms with Crippen LogP contribution < -0.4 is 4.89 Å². The Bertz CT molecular complexity index is 1460. The summed E-state index contributed by atoms with van der Waals surface area (Å²) in [6.45, 7) is 3.73. The fourth-order valence-corrected chi connectivity index (χ4v) is 5.80. The van der Waals surface area contributed by atoms with Crippen molar-refractivity contribution in [2.45, 2.75) is 135 Å². The number of unbranched alkanes of at least 4 members (excludes halogenated alkanes) is 3. The first-order valence-corrected chi connectivity index (χ1v) is 23.8. The maximum atomic E-state index is 12.7. The lowest BCUT2D eigenvalue weighted by molar-refractivity contribution is -0.870. The summed E-state index contributed by atoms with van der Waals surface area (Å²) >= 11 is 0. The minimum Gasteiger partial charge on any atom is -0.756 e. The van der Waals surface area contributed by atoms with Crippen LogP contribution in [0, 0.1) is 0 Å². The van der Waals surface area contributed by atoms with Crippen molar-refractivity contribution < 1.29 is 47.2 Å². The van der Waals surface area contributed by atoms with Gasteiger partial charge in [0.25, 0.3) is 7.82 Å². The Hall–Kier alpha value is -3.63. The van der Waals surface area contributed by atoms with E-state index in [0.29, 0.717) is 30.3 Å². The van der Waals surface area contributed by atoms with Crippen molar-refractivity contribution in [2.24, 2.45) is 0 Å². The van der Waals surface area contributed by atoms with Gasteiger partial charge in [-0.25, -0.2) is 0 Å². The van der Waals surface area contributed by atoms with Crippen LogP contribution in [0.2, 0.25) is 0 Å². The molecule has 0 aliphatic heterocycles. The van der Waals surface area contributed by atoms with E-state index in [1.807, 2.05) is 45.4 Å². The van der Waals surface area contributed by atoms with Crippen molar-refractivity contribution in [3.63, 3.8) is 0 Å². The summed E-state index contributed by atoms with van der Waals surface area (Å²) < 4.78 is 33.6. The zero-order chi connectivity index (χ0) is 45.1. The number of carbonyl (C=O) groups excluding carboxylic acids is 2. The number of quaternary nitrogens is 1. The van der Waals surface area contributed by atoms with E-state index in [-0.39, 0.29) is 26.1 Å². The maximum Gasteiger partial charge on any atom is 0.306 e. The lowest BCUT2D eigenvalue weighted by Gasteiger charge is -2.28. The third-order valence-corrected chi connectivity index (χ3v) is 9.55. The Morgan fingerprint density at radius 3 is 1.69 bits per heavy atom. The second-order valence-corrected chi connectivity index (χ2v) is 16.9. The first-order valence-electron chi connectivity index (χ1n) is 22.4. The summed E-state index contributed by atoms with van der Waals surface area (Å²) in [5.74, 6) is -1.15. The van der Waals surface area contributed by atoms with E-state index >= 15 is 0 Å². The van der Waals surface area contributed by atoms with Crippen molar-refractivity contribution in [2.75, 3.05) is 47.5 Å². The molecule has 0 aliphatic carbocycles. The number of allylic oxidation sites excluding steroid dienone is 19. The number of nitrogens with zero attached hydrogens (tertiary/aromatic N) is 1. The topological polar surface area (TPSA) is 131 Å². The van der Waals surface area contributed by atoms with Gasteiger partial charge in [0, 0.05) is 12.8 Å². The standard InChI is InChI=1S/C50H80NO9P/c1-6-8-10-12-14-16-18-20-21-22-23-24-25-27-29-31-33-35-37-41-49(53)57-45-48(46-59-61(55,56)58-44-43-51(3,4)5)60-50(54)42-38-40-47(52)39-36-34-32-30-28-26-19-17-15-13-11-9-7-2/h8,10,14-17,20-21,23-24,26-29,32-36,39,47-48,52H,6-7,9,11-13,18-19,22,25,30-31,37-38,40-46H2,1-5H3/b10-8-,16-14-,17-15-,21-20-,24-23-,28-26-,29-27-,34-32-,35-33-,39-36+/t47-,48+/m0/s1. The summed E-state index contributed by atoms with van der Waals surface area (Å²) in [6.07, 6.45) is 52.7. The normalized spacial score (nSPS) is 15.2. The Morgan fingerprint density at radius 2 is 1.15 bits per heavy atom. The molecule has 0 aromatic carbocycles. The number of ether oxygens (including phenoxy) is 2. The summed E-state index contributed by atoms with van der Waals surface area (Å²) in [5, 5.41) is 10.3.